The van der Waals surface area contributed by atoms with Gasteiger partial charge in [-0.3, -0.25) is 0 Å². The standard InChI is InChI=1S/C12H20N2O2S2/c1-12(16,5-7-17-2)9-14-11(15)13-8-10-4-3-6-18-10/h3-4,6,16H,5,7-9H2,1-2H3,(H2,13,14,15)/t12-/m1/s1. The van der Waals surface area contributed by atoms with E-state index in [0.717, 1.165) is 10.6 Å². The second kappa shape index (κ2) is 7.66. The molecule has 0 fully saturated rings. The number of urea groups is 1. The van der Waals surface area contributed by atoms with Gasteiger partial charge in [-0.15, -0.1) is 11.3 Å². The average molecular weight is 288 g/mol. The van der Waals surface area contributed by atoms with Gasteiger partial charge < -0.3 is 15.7 Å². The molecule has 4 nitrogen and oxygen atoms in total. The highest BCUT2D eigenvalue weighted by molar-refractivity contribution is 7.98. The molecule has 1 rings (SSSR count). The summed E-state index contributed by atoms with van der Waals surface area (Å²) in [5.41, 5.74) is -0.844. The van der Waals surface area contributed by atoms with Gasteiger partial charge >= 0.3 is 6.03 Å². The van der Waals surface area contributed by atoms with Gasteiger partial charge in [0.05, 0.1) is 12.1 Å². The molecule has 102 valence electrons. The highest BCUT2D eigenvalue weighted by Crippen LogP contribution is 2.11. The van der Waals surface area contributed by atoms with Crippen molar-refractivity contribution in [1.82, 2.24) is 10.6 Å². The quantitative estimate of drug-likeness (QED) is 0.719. The fraction of sp³-hybridized carbons (Fsp3) is 0.583. The van der Waals surface area contributed by atoms with Crippen LogP contribution in [-0.4, -0.2) is 35.3 Å². The molecule has 0 saturated heterocycles. The van der Waals surface area contributed by atoms with Gasteiger partial charge in [0.25, 0.3) is 0 Å². The number of thiophene rings is 1. The van der Waals surface area contributed by atoms with E-state index in [9.17, 15) is 9.90 Å². The lowest BCUT2D eigenvalue weighted by Gasteiger charge is -2.23. The van der Waals surface area contributed by atoms with Crippen LogP contribution in [0.4, 0.5) is 4.79 Å². The molecule has 0 saturated carbocycles. The first-order valence-electron chi connectivity index (χ1n) is 5.79. The zero-order chi connectivity index (χ0) is 13.4. The minimum Gasteiger partial charge on any atom is -0.388 e. The monoisotopic (exact) mass is 288 g/mol. The molecule has 0 radical (unpaired) electrons. The summed E-state index contributed by atoms with van der Waals surface area (Å²) in [6.45, 7) is 2.53. The van der Waals surface area contributed by atoms with Gasteiger partial charge in [-0.25, -0.2) is 4.79 Å². The van der Waals surface area contributed by atoms with Crippen LogP contribution in [0.15, 0.2) is 17.5 Å². The molecule has 1 atom stereocenters. The molecule has 3 N–H and O–H groups in total. The molecule has 0 spiro atoms. The van der Waals surface area contributed by atoms with Gasteiger partial charge in [-0.2, -0.15) is 11.8 Å². The summed E-state index contributed by atoms with van der Waals surface area (Å²) in [5, 5.41) is 17.4. The van der Waals surface area contributed by atoms with Crippen molar-refractivity contribution in [3.63, 3.8) is 0 Å². The number of aliphatic hydroxyl groups is 1. The van der Waals surface area contributed by atoms with Gasteiger partial charge in [-0.1, -0.05) is 6.07 Å². The lowest BCUT2D eigenvalue weighted by atomic mass is 10.0. The van der Waals surface area contributed by atoms with Gasteiger partial charge in [-0.05, 0) is 36.8 Å². The SMILES string of the molecule is CSCC[C@@](C)(O)CNC(=O)NCc1cccs1. The van der Waals surface area contributed by atoms with Crippen molar-refractivity contribution in [2.24, 2.45) is 0 Å². The number of amides is 2. The first kappa shape index (κ1) is 15.3. The van der Waals surface area contributed by atoms with E-state index in [1.165, 1.54) is 0 Å². The van der Waals surface area contributed by atoms with E-state index in [1.54, 1.807) is 30.0 Å². The number of thioether (sulfide) groups is 1. The Hall–Kier alpha value is -0.720. The van der Waals surface area contributed by atoms with E-state index >= 15 is 0 Å². The molecule has 0 unspecified atom stereocenters. The number of rotatable bonds is 7. The van der Waals surface area contributed by atoms with Crippen molar-refractivity contribution < 1.29 is 9.90 Å². The number of carbonyl (C=O) groups is 1. The summed E-state index contributed by atoms with van der Waals surface area (Å²) >= 11 is 3.29. The molecule has 6 heteroatoms. The number of nitrogens with one attached hydrogen (secondary N) is 2. The second-order valence-electron chi connectivity index (χ2n) is 4.36. The summed E-state index contributed by atoms with van der Waals surface area (Å²) in [7, 11) is 0. The predicted octanol–water partition coefficient (Wildman–Crippen LogP) is 2.05. The summed E-state index contributed by atoms with van der Waals surface area (Å²) < 4.78 is 0. The van der Waals surface area contributed by atoms with Crippen LogP contribution in [0.3, 0.4) is 0 Å². The maximum Gasteiger partial charge on any atom is 0.315 e. The first-order valence-corrected chi connectivity index (χ1v) is 8.06. The Bertz CT molecular complexity index is 353. The van der Waals surface area contributed by atoms with Crippen molar-refractivity contribution in [2.45, 2.75) is 25.5 Å². The van der Waals surface area contributed by atoms with E-state index in [2.05, 4.69) is 10.6 Å². The molecular weight excluding hydrogens is 268 g/mol. The Morgan fingerprint density at radius 3 is 2.94 bits per heavy atom. The van der Waals surface area contributed by atoms with Crippen molar-refractivity contribution in [2.75, 3.05) is 18.6 Å². The molecule has 0 aliphatic rings. The lowest BCUT2D eigenvalue weighted by Crippen LogP contribution is -2.44. The molecule has 1 aromatic rings. The van der Waals surface area contributed by atoms with Crippen LogP contribution in [0.25, 0.3) is 0 Å². The number of hydrogen-bond donors (Lipinski definition) is 3. The third kappa shape index (κ3) is 6.28. The normalized spacial score (nSPS) is 13.9. The van der Waals surface area contributed by atoms with Gasteiger partial charge in [0.15, 0.2) is 0 Å². The highest BCUT2D eigenvalue weighted by Gasteiger charge is 2.20. The van der Waals surface area contributed by atoms with E-state index in [0.29, 0.717) is 13.0 Å². The molecule has 2 amide bonds. The first-order chi connectivity index (χ1) is 8.53. The van der Waals surface area contributed by atoms with Gasteiger partial charge in [0.2, 0.25) is 0 Å². The van der Waals surface area contributed by atoms with Crippen LogP contribution in [0.1, 0.15) is 18.2 Å². The second-order valence-corrected chi connectivity index (χ2v) is 6.37. The highest BCUT2D eigenvalue weighted by atomic mass is 32.2. The third-order valence-corrected chi connectivity index (χ3v) is 3.97. The van der Waals surface area contributed by atoms with E-state index < -0.39 is 5.60 Å². The van der Waals surface area contributed by atoms with Crippen molar-refractivity contribution in [1.29, 1.82) is 0 Å². The molecule has 18 heavy (non-hydrogen) atoms. The van der Waals surface area contributed by atoms with Crippen LogP contribution in [-0.2, 0) is 6.54 Å². The van der Waals surface area contributed by atoms with Crippen molar-refractivity contribution >= 4 is 29.1 Å². The largest absolute Gasteiger partial charge is 0.388 e. The Kier molecular flexibility index (Phi) is 6.52. The Morgan fingerprint density at radius 1 is 1.56 bits per heavy atom. The van der Waals surface area contributed by atoms with Gasteiger partial charge in [0.1, 0.15) is 0 Å². The van der Waals surface area contributed by atoms with E-state index in [1.807, 2.05) is 23.8 Å². The molecule has 0 bridgehead atoms. The summed E-state index contributed by atoms with van der Waals surface area (Å²) in [4.78, 5) is 12.6. The molecular formula is C12H20N2O2S2. The zero-order valence-electron chi connectivity index (χ0n) is 10.7. The molecule has 0 aromatic carbocycles. The lowest BCUT2D eigenvalue weighted by molar-refractivity contribution is 0.0594. The van der Waals surface area contributed by atoms with Crippen LogP contribution in [0.5, 0.6) is 0 Å². The minimum atomic E-state index is -0.844. The summed E-state index contributed by atoms with van der Waals surface area (Å²) in [6, 6.07) is 3.68. The predicted molar refractivity (Wildman–Crippen MR) is 78.2 cm³/mol. The fourth-order valence-corrected chi connectivity index (χ4v) is 2.61. The third-order valence-electron chi connectivity index (χ3n) is 2.48. The Labute approximate surface area is 116 Å². The van der Waals surface area contributed by atoms with Crippen LogP contribution in [0.2, 0.25) is 0 Å². The van der Waals surface area contributed by atoms with E-state index in [-0.39, 0.29) is 12.6 Å². The fourth-order valence-electron chi connectivity index (χ4n) is 1.32. The van der Waals surface area contributed by atoms with Crippen LogP contribution < -0.4 is 10.6 Å². The molecule has 0 aliphatic heterocycles. The molecule has 1 aromatic heterocycles. The maximum atomic E-state index is 11.5. The van der Waals surface area contributed by atoms with E-state index in [4.69, 9.17) is 0 Å². The Balaban J connectivity index is 2.20. The Morgan fingerprint density at radius 2 is 2.33 bits per heavy atom. The molecule has 1 heterocycles. The van der Waals surface area contributed by atoms with Crippen molar-refractivity contribution in [3.8, 4) is 0 Å². The maximum absolute atomic E-state index is 11.5. The molecule has 0 aliphatic carbocycles. The minimum absolute atomic E-state index is 0.243. The number of hydrogen-bond acceptors (Lipinski definition) is 4. The number of carbonyl (C=O) groups excluding carboxylic acids is 1. The van der Waals surface area contributed by atoms with Gasteiger partial charge in [0, 0.05) is 11.4 Å². The van der Waals surface area contributed by atoms with Crippen molar-refractivity contribution in [3.05, 3.63) is 22.4 Å². The average Bonchev–Trinajstić information content (AvgIpc) is 2.84. The topological polar surface area (TPSA) is 61.4 Å². The van der Waals surface area contributed by atoms with Crippen LogP contribution in [0, 0.1) is 0 Å². The zero-order valence-corrected chi connectivity index (χ0v) is 12.4. The summed E-state index contributed by atoms with van der Waals surface area (Å²) in [6.07, 6.45) is 2.66. The van der Waals surface area contributed by atoms with Crippen LogP contribution >= 0.6 is 23.1 Å². The summed E-state index contributed by atoms with van der Waals surface area (Å²) in [5.74, 6) is 0.880. The smallest absolute Gasteiger partial charge is 0.315 e.